The minimum absolute atomic E-state index is 0.0433. The van der Waals surface area contributed by atoms with E-state index < -0.39 is 0 Å². The monoisotopic (exact) mass is 422 g/mol. The lowest BCUT2D eigenvalue weighted by Gasteiger charge is -2.29. The molecule has 0 bridgehead atoms. The second kappa shape index (κ2) is 9.45. The van der Waals surface area contributed by atoms with Crippen molar-refractivity contribution in [3.05, 3.63) is 76.5 Å². The number of nitrogens with one attached hydrogen (secondary N) is 1. The van der Waals surface area contributed by atoms with E-state index in [1.165, 1.54) is 0 Å². The maximum absolute atomic E-state index is 12.5. The van der Waals surface area contributed by atoms with Gasteiger partial charge in [-0.3, -0.25) is 9.59 Å². The number of anilines is 1. The molecule has 1 aliphatic heterocycles. The Morgan fingerprint density at radius 3 is 2.90 bits per heavy atom. The lowest BCUT2D eigenvalue weighted by atomic mass is 10.2. The van der Waals surface area contributed by atoms with E-state index in [1.54, 1.807) is 28.4 Å². The Balaban J connectivity index is 1.27. The number of carbonyl (C=O) groups is 2. The normalized spacial score (nSPS) is 12.8. The molecule has 0 aliphatic carbocycles. The third kappa shape index (κ3) is 4.80. The molecule has 0 radical (unpaired) electrons. The summed E-state index contributed by atoms with van der Waals surface area (Å²) < 4.78 is 11.2. The van der Waals surface area contributed by atoms with Crippen molar-refractivity contribution < 1.29 is 19.1 Å². The number of amides is 2. The molecule has 0 atom stereocenters. The Hall–Kier alpha value is -3.32. The molecule has 2 aromatic carbocycles. The van der Waals surface area contributed by atoms with Crippen molar-refractivity contribution in [2.75, 3.05) is 24.6 Å². The minimum Gasteiger partial charge on any atom is -0.488 e. The average molecular weight is 423 g/mol. The summed E-state index contributed by atoms with van der Waals surface area (Å²) >= 11 is 1.63. The molecule has 1 aromatic heterocycles. The Morgan fingerprint density at radius 2 is 2.03 bits per heavy atom. The fourth-order valence-electron chi connectivity index (χ4n) is 3.22. The molecule has 1 aliphatic rings. The summed E-state index contributed by atoms with van der Waals surface area (Å²) in [5.74, 6) is 1.13. The van der Waals surface area contributed by atoms with Gasteiger partial charge in [0.15, 0.2) is 6.61 Å². The highest BCUT2D eigenvalue weighted by Crippen LogP contribution is 2.31. The SMILES string of the molecule is O=C(NCCCN1C(=O)COc2ccccc21)c1cccc(OCc2cccs2)c1. The predicted molar refractivity (Wildman–Crippen MR) is 116 cm³/mol. The van der Waals surface area contributed by atoms with E-state index in [1.807, 2.05) is 53.9 Å². The van der Waals surface area contributed by atoms with Crippen LogP contribution in [0.2, 0.25) is 0 Å². The van der Waals surface area contributed by atoms with Crippen LogP contribution in [0.4, 0.5) is 5.69 Å². The number of hydrogen-bond acceptors (Lipinski definition) is 5. The molecule has 3 aromatic rings. The Bertz CT molecular complexity index is 1020. The van der Waals surface area contributed by atoms with E-state index in [4.69, 9.17) is 9.47 Å². The van der Waals surface area contributed by atoms with Crippen molar-refractivity contribution in [3.63, 3.8) is 0 Å². The van der Waals surface area contributed by atoms with Crippen LogP contribution in [-0.4, -0.2) is 31.5 Å². The maximum atomic E-state index is 12.5. The quantitative estimate of drug-likeness (QED) is 0.560. The van der Waals surface area contributed by atoms with Crippen LogP contribution in [0.5, 0.6) is 11.5 Å². The van der Waals surface area contributed by atoms with Gasteiger partial charge in [0.2, 0.25) is 0 Å². The van der Waals surface area contributed by atoms with Crippen LogP contribution in [0, 0.1) is 0 Å². The van der Waals surface area contributed by atoms with Crippen LogP contribution < -0.4 is 19.7 Å². The minimum atomic E-state index is -0.162. The van der Waals surface area contributed by atoms with Gasteiger partial charge in [0.25, 0.3) is 11.8 Å². The van der Waals surface area contributed by atoms with E-state index in [-0.39, 0.29) is 18.4 Å². The van der Waals surface area contributed by atoms with Crippen molar-refractivity contribution in [3.8, 4) is 11.5 Å². The number of nitrogens with zero attached hydrogens (tertiary/aromatic N) is 1. The first-order valence-corrected chi connectivity index (χ1v) is 10.6. The molecular formula is C23H22N2O4S. The predicted octanol–water partition coefficient (Wildman–Crippen LogP) is 3.87. The van der Waals surface area contributed by atoms with Gasteiger partial charge in [-0.15, -0.1) is 11.3 Å². The van der Waals surface area contributed by atoms with Crippen molar-refractivity contribution in [1.29, 1.82) is 0 Å². The van der Waals surface area contributed by atoms with Crippen LogP contribution >= 0.6 is 11.3 Å². The van der Waals surface area contributed by atoms with Gasteiger partial charge in [-0.2, -0.15) is 0 Å². The largest absolute Gasteiger partial charge is 0.488 e. The molecule has 1 N–H and O–H groups in total. The lowest BCUT2D eigenvalue weighted by Crippen LogP contribution is -2.40. The fourth-order valence-corrected chi connectivity index (χ4v) is 3.83. The number of para-hydroxylation sites is 2. The van der Waals surface area contributed by atoms with Gasteiger partial charge >= 0.3 is 0 Å². The summed E-state index contributed by atoms with van der Waals surface area (Å²) in [6.07, 6.45) is 0.639. The van der Waals surface area contributed by atoms with Crippen molar-refractivity contribution >= 4 is 28.8 Å². The maximum Gasteiger partial charge on any atom is 0.265 e. The van der Waals surface area contributed by atoms with Gasteiger partial charge in [-0.05, 0) is 48.2 Å². The molecule has 2 heterocycles. The van der Waals surface area contributed by atoms with Crippen LogP contribution in [0.1, 0.15) is 21.7 Å². The molecular weight excluding hydrogens is 400 g/mol. The third-order valence-corrected chi connectivity index (χ3v) is 5.56. The zero-order chi connectivity index (χ0) is 20.8. The number of rotatable bonds is 8. The lowest BCUT2D eigenvalue weighted by molar-refractivity contribution is -0.121. The first-order chi connectivity index (χ1) is 14.7. The molecule has 0 saturated carbocycles. The summed E-state index contributed by atoms with van der Waals surface area (Å²) in [7, 11) is 0. The topological polar surface area (TPSA) is 67.9 Å². The first-order valence-electron chi connectivity index (χ1n) is 9.76. The third-order valence-electron chi connectivity index (χ3n) is 4.71. The summed E-state index contributed by atoms with van der Waals surface area (Å²) in [6, 6.07) is 18.6. The molecule has 154 valence electrons. The second-order valence-electron chi connectivity index (χ2n) is 6.81. The van der Waals surface area contributed by atoms with Crippen molar-refractivity contribution in [2.45, 2.75) is 13.0 Å². The van der Waals surface area contributed by atoms with Crippen LogP contribution in [0.25, 0.3) is 0 Å². The summed E-state index contributed by atoms with van der Waals surface area (Å²) in [5, 5.41) is 4.92. The van der Waals surface area contributed by atoms with E-state index in [2.05, 4.69) is 5.32 Å². The molecule has 0 saturated heterocycles. The summed E-state index contributed by atoms with van der Waals surface area (Å²) in [6.45, 7) is 1.51. The molecule has 7 heteroatoms. The zero-order valence-electron chi connectivity index (χ0n) is 16.4. The zero-order valence-corrected chi connectivity index (χ0v) is 17.2. The van der Waals surface area contributed by atoms with Crippen LogP contribution in [-0.2, 0) is 11.4 Å². The fraction of sp³-hybridized carbons (Fsp3) is 0.217. The molecule has 0 spiro atoms. The van der Waals surface area contributed by atoms with Crippen molar-refractivity contribution in [2.24, 2.45) is 0 Å². The number of fused-ring (bicyclic) bond motifs is 1. The van der Waals surface area contributed by atoms with E-state index >= 15 is 0 Å². The first kappa shape index (κ1) is 20.0. The standard InChI is InChI=1S/C23H22N2O4S/c26-22-16-29-21-10-2-1-9-20(21)25(22)12-5-11-24-23(27)17-6-3-7-18(14-17)28-15-19-8-4-13-30-19/h1-4,6-10,13-14H,5,11-12,15-16H2,(H,24,27). The van der Waals surface area contributed by atoms with Crippen LogP contribution in [0.3, 0.4) is 0 Å². The highest BCUT2D eigenvalue weighted by Gasteiger charge is 2.24. The van der Waals surface area contributed by atoms with Crippen molar-refractivity contribution in [1.82, 2.24) is 5.32 Å². The molecule has 4 rings (SSSR count). The Morgan fingerprint density at radius 1 is 1.13 bits per heavy atom. The van der Waals surface area contributed by atoms with Gasteiger partial charge < -0.3 is 19.7 Å². The van der Waals surface area contributed by atoms with E-state index in [0.717, 1.165) is 10.6 Å². The van der Waals surface area contributed by atoms with E-state index in [0.29, 0.717) is 43.2 Å². The van der Waals surface area contributed by atoms with Gasteiger partial charge in [-0.1, -0.05) is 24.3 Å². The van der Waals surface area contributed by atoms with E-state index in [9.17, 15) is 9.59 Å². The van der Waals surface area contributed by atoms with Crippen LogP contribution in [0.15, 0.2) is 66.0 Å². The summed E-state index contributed by atoms with van der Waals surface area (Å²) in [4.78, 5) is 27.5. The molecule has 0 unspecified atom stereocenters. The number of thiophene rings is 1. The smallest absolute Gasteiger partial charge is 0.265 e. The van der Waals surface area contributed by atoms with Gasteiger partial charge in [0.05, 0.1) is 5.69 Å². The number of benzene rings is 2. The average Bonchev–Trinajstić information content (AvgIpc) is 3.30. The Labute approximate surface area is 179 Å². The number of carbonyl (C=O) groups excluding carboxylic acids is 2. The van der Waals surface area contributed by atoms with Gasteiger partial charge in [-0.25, -0.2) is 0 Å². The highest BCUT2D eigenvalue weighted by molar-refractivity contribution is 7.09. The second-order valence-corrected chi connectivity index (χ2v) is 7.84. The van der Waals surface area contributed by atoms with Gasteiger partial charge in [0, 0.05) is 23.5 Å². The molecule has 30 heavy (non-hydrogen) atoms. The number of hydrogen-bond donors (Lipinski definition) is 1. The molecule has 0 fully saturated rings. The Kier molecular flexibility index (Phi) is 6.29. The van der Waals surface area contributed by atoms with Gasteiger partial charge in [0.1, 0.15) is 18.1 Å². The molecule has 2 amide bonds. The summed E-state index contributed by atoms with van der Waals surface area (Å²) in [5.41, 5.74) is 1.32. The number of ether oxygens (including phenoxy) is 2. The molecule has 6 nitrogen and oxygen atoms in total. The highest BCUT2D eigenvalue weighted by atomic mass is 32.1.